The van der Waals surface area contributed by atoms with Crippen molar-refractivity contribution in [3.05, 3.63) is 101 Å². The van der Waals surface area contributed by atoms with Gasteiger partial charge >= 0.3 is 5.97 Å². The zero-order valence-electron chi connectivity index (χ0n) is 21.1. The van der Waals surface area contributed by atoms with E-state index in [1.165, 1.54) is 11.1 Å². The summed E-state index contributed by atoms with van der Waals surface area (Å²) in [6.45, 7) is 1.72. The minimum atomic E-state index is -0.917. The quantitative estimate of drug-likeness (QED) is 0.416. The number of hydrogen-bond acceptors (Lipinski definition) is 5. The molecule has 2 amide bonds. The third-order valence-corrected chi connectivity index (χ3v) is 6.60. The van der Waals surface area contributed by atoms with Crippen LogP contribution in [0.1, 0.15) is 29.2 Å². The minimum absolute atomic E-state index is 0.100. The van der Waals surface area contributed by atoms with E-state index in [0.29, 0.717) is 18.6 Å². The second kappa shape index (κ2) is 12.2. The maximum atomic E-state index is 13.0. The topological polar surface area (TPSA) is 93.7 Å². The molecule has 1 aliphatic rings. The second-order valence-corrected chi connectivity index (χ2v) is 9.31. The van der Waals surface area contributed by atoms with E-state index in [4.69, 9.17) is 9.47 Å². The van der Waals surface area contributed by atoms with Crippen LogP contribution in [0, 0.1) is 5.92 Å². The number of ether oxygens (including phenoxy) is 2. The highest BCUT2D eigenvalue weighted by molar-refractivity contribution is 5.91. The fourth-order valence-corrected chi connectivity index (χ4v) is 4.46. The van der Waals surface area contributed by atoms with Crippen LogP contribution < -0.4 is 15.4 Å². The average Bonchev–Trinajstić information content (AvgIpc) is 3.37. The fourth-order valence-electron chi connectivity index (χ4n) is 4.46. The van der Waals surface area contributed by atoms with Crippen molar-refractivity contribution < 1.29 is 23.9 Å². The number of fused-ring (bicyclic) bond motifs is 1. The molecular formula is C30H32N2O5. The molecule has 0 heterocycles. The van der Waals surface area contributed by atoms with E-state index in [-0.39, 0.29) is 24.9 Å². The lowest BCUT2D eigenvalue weighted by Gasteiger charge is -2.22. The molecule has 0 saturated heterocycles. The number of esters is 1. The third-order valence-electron chi connectivity index (χ3n) is 6.60. The molecule has 192 valence electrons. The Bertz CT molecular complexity index is 1200. The number of benzene rings is 3. The zero-order valence-corrected chi connectivity index (χ0v) is 21.1. The summed E-state index contributed by atoms with van der Waals surface area (Å²) in [6.07, 6.45) is 1.55. The highest BCUT2D eigenvalue weighted by atomic mass is 16.5. The van der Waals surface area contributed by atoms with Gasteiger partial charge in [0.1, 0.15) is 24.4 Å². The van der Waals surface area contributed by atoms with Crippen LogP contribution in [0.3, 0.4) is 0 Å². The van der Waals surface area contributed by atoms with Crippen molar-refractivity contribution in [1.29, 1.82) is 0 Å². The maximum absolute atomic E-state index is 13.0. The fraction of sp³-hybridized carbons (Fsp3) is 0.300. The summed E-state index contributed by atoms with van der Waals surface area (Å²) in [5.41, 5.74) is 4.02. The van der Waals surface area contributed by atoms with Gasteiger partial charge in [-0.2, -0.15) is 0 Å². The van der Waals surface area contributed by atoms with Gasteiger partial charge in [0.2, 0.25) is 11.8 Å². The van der Waals surface area contributed by atoms with E-state index in [1.54, 1.807) is 26.2 Å². The van der Waals surface area contributed by atoms with Gasteiger partial charge in [0.15, 0.2) is 0 Å². The molecule has 7 heteroatoms. The Balaban J connectivity index is 1.38. The zero-order chi connectivity index (χ0) is 26.2. The lowest BCUT2D eigenvalue weighted by atomic mass is 10.0. The van der Waals surface area contributed by atoms with E-state index in [0.717, 1.165) is 11.1 Å². The van der Waals surface area contributed by atoms with Crippen molar-refractivity contribution in [2.45, 2.75) is 44.9 Å². The third kappa shape index (κ3) is 6.97. The predicted molar refractivity (Wildman–Crippen MR) is 140 cm³/mol. The Morgan fingerprint density at radius 2 is 1.46 bits per heavy atom. The predicted octanol–water partition coefficient (Wildman–Crippen LogP) is 3.39. The first-order valence-electron chi connectivity index (χ1n) is 12.4. The van der Waals surface area contributed by atoms with Crippen molar-refractivity contribution >= 4 is 17.8 Å². The van der Waals surface area contributed by atoms with Crippen LogP contribution in [0.25, 0.3) is 0 Å². The Labute approximate surface area is 217 Å². The van der Waals surface area contributed by atoms with E-state index in [9.17, 15) is 14.4 Å². The number of amides is 2. The molecule has 0 saturated carbocycles. The van der Waals surface area contributed by atoms with Gasteiger partial charge in [0, 0.05) is 12.3 Å². The smallest absolute Gasteiger partial charge is 0.329 e. The van der Waals surface area contributed by atoms with Gasteiger partial charge in [-0.15, -0.1) is 0 Å². The molecule has 0 aliphatic heterocycles. The number of rotatable bonds is 10. The number of nitrogens with one attached hydrogen (secondary N) is 2. The lowest BCUT2D eigenvalue weighted by Crippen LogP contribution is -2.52. The highest BCUT2D eigenvalue weighted by Gasteiger charge is 2.30. The molecule has 0 bridgehead atoms. The molecular weight excluding hydrogens is 468 g/mol. The molecule has 3 aromatic carbocycles. The Kier molecular flexibility index (Phi) is 8.56. The summed E-state index contributed by atoms with van der Waals surface area (Å²) in [7, 11) is 1.58. The first kappa shape index (κ1) is 25.9. The molecule has 37 heavy (non-hydrogen) atoms. The highest BCUT2D eigenvalue weighted by Crippen LogP contribution is 2.26. The van der Waals surface area contributed by atoms with Crippen molar-refractivity contribution in [3.8, 4) is 5.75 Å². The normalized spacial score (nSPS) is 14.2. The molecule has 0 radical (unpaired) electrons. The maximum Gasteiger partial charge on any atom is 0.329 e. The summed E-state index contributed by atoms with van der Waals surface area (Å²) >= 11 is 0. The average molecular weight is 501 g/mol. The van der Waals surface area contributed by atoms with Crippen LogP contribution in [0.5, 0.6) is 5.75 Å². The summed E-state index contributed by atoms with van der Waals surface area (Å²) in [5, 5.41) is 5.60. The van der Waals surface area contributed by atoms with Gasteiger partial charge in [-0.05, 0) is 54.2 Å². The summed E-state index contributed by atoms with van der Waals surface area (Å²) in [4.78, 5) is 38.9. The second-order valence-electron chi connectivity index (χ2n) is 9.31. The van der Waals surface area contributed by atoms with Gasteiger partial charge in [0.25, 0.3) is 0 Å². The SMILES string of the molecule is COc1ccc(C[C@H](NC(=O)[C@H](C)NC(=O)C2Cc3ccccc3C2)C(=O)OCc2ccccc2)cc1. The van der Waals surface area contributed by atoms with Crippen LogP contribution in [-0.4, -0.2) is 37.0 Å². The summed E-state index contributed by atoms with van der Waals surface area (Å²) < 4.78 is 10.7. The number of carbonyl (C=O) groups excluding carboxylic acids is 3. The molecule has 0 fully saturated rings. The Hall–Kier alpha value is -4.13. The molecule has 4 rings (SSSR count). The monoisotopic (exact) mass is 500 g/mol. The van der Waals surface area contributed by atoms with Crippen LogP contribution in [0.15, 0.2) is 78.9 Å². The van der Waals surface area contributed by atoms with Gasteiger partial charge in [-0.25, -0.2) is 4.79 Å². The molecule has 0 spiro atoms. The van der Waals surface area contributed by atoms with E-state index >= 15 is 0 Å². The van der Waals surface area contributed by atoms with Crippen LogP contribution in [0.2, 0.25) is 0 Å². The van der Waals surface area contributed by atoms with E-state index in [2.05, 4.69) is 10.6 Å². The van der Waals surface area contributed by atoms with E-state index < -0.39 is 24.0 Å². The summed E-state index contributed by atoms with van der Waals surface area (Å²) in [6, 6.07) is 22.9. The van der Waals surface area contributed by atoms with Crippen LogP contribution in [-0.2, 0) is 45.0 Å². The standard InChI is InChI=1S/C30H32N2O5/c1-20(31-29(34)25-17-23-10-6-7-11-24(23)18-25)28(33)32-27(16-21-12-14-26(36-2)15-13-21)30(35)37-19-22-8-4-3-5-9-22/h3-15,20,25,27H,16-19H2,1-2H3,(H,31,34)(H,32,33)/t20-,27-/m0/s1. The number of methoxy groups -OCH3 is 1. The number of carbonyl (C=O) groups is 3. The van der Waals surface area contributed by atoms with E-state index in [1.807, 2.05) is 66.7 Å². The molecule has 0 unspecified atom stereocenters. The van der Waals surface area contributed by atoms with Gasteiger partial charge in [-0.3, -0.25) is 9.59 Å². The van der Waals surface area contributed by atoms with Crippen molar-refractivity contribution in [3.63, 3.8) is 0 Å². The summed E-state index contributed by atoms with van der Waals surface area (Å²) in [5.74, 6) is -0.672. The number of hydrogen-bond donors (Lipinski definition) is 2. The van der Waals surface area contributed by atoms with Gasteiger partial charge in [-0.1, -0.05) is 66.7 Å². The molecule has 1 aliphatic carbocycles. The van der Waals surface area contributed by atoms with Gasteiger partial charge < -0.3 is 20.1 Å². The van der Waals surface area contributed by atoms with Crippen molar-refractivity contribution in [1.82, 2.24) is 10.6 Å². The molecule has 7 nitrogen and oxygen atoms in total. The molecule has 0 aromatic heterocycles. The largest absolute Gasteiger partial charge is 0.497 e. The lowest BCUT2D eigenvalue weighted by molar-refractivity contribution is -0.149. The Morgan fingerprint density at radius 3 is 2.08 bits per heavy atom. The molecule has 2 N–H and O–H groups in total. The van der Waals surface area contributed by atoms with Gasteiger partial charge in [0.05, 0.1) is 7.11 Å². The minimum Gasteiger partial charge on any atom is -0.497 e. The van der Waals surface area contributed by atoms with Crippen molar-refractivity contribution in [2.24, 2.45) is 5.92 Å². The Morgan fingerprint density at radius 1 is 0.838 bits per heavy atom. The first-order valence-corrected chi connectivity index (χ1v) is 12.4. The van der Waals surface area contributed by atoms with Crippen LogP contribution in [0.4, 0.5) is 0 Å². The first-order chi connectivity index (χ1) is 17.9. The molecule has 2 atom stereocenters. The molecule has 3 aromatic rings. The van der Waals surface area contributed by atoms with Crippen molar-refractivity contribution in [2.75, 3.05) is 7.11 Å². The van der Waals surface area contributed by atoms with Crippen LogP contribution >= 0.6 is 0 Å².